The van der Waals surface area contributed by atoms with Gasteiger partial charge in [-0.25, -0.2) is 4.98 Å². The van der Waals surface area contributed by atoms with Crippen molar-refractivity contribution in [1.82, 2.24) is 4.98 Å². The first-order chi connectivity index (χ1) is 12.6. The summed E-state index contributed by atoms with van der Waals surface area (Å²) in [5, 5.41) is 2.83. The lowest BCUT2D eigenvalue weighted by Crippen LogP contribution is -2.16. The number of hydrogen-bond donors (Lipinski definition) is 2. The number of rotatable bonds is 6. The van der Waals surface area contributed by atoms with Crippen LogP contribution in [0.5, 0.6) is 5.75 Å². The van der Waals surface area contributed by atoms with Crippen molar-refractivity contribution in [3.05, 3.63) is 83.6 Å². The molecule has 3 aromatic rings. The second kappa shape index (κ2) is 8.16. The fourth-order valence-corrected chi connectivity index (χ4v) is 2.63. The quantitative estimate of drug-likeness (QED) is 0.710. The van der Waals surface area contributed by atoms with Crippen LogP contribution in [0.3, 0.4) is 0 Å². The number of amides is 1. The standard InChI is InChI=1S/C21H21N3O2/c1-15-11-13-23-20(22)19(15)21(25)24-17-7-9-18(10-8-17)26-14-12-16-5-3-2-4-6-16/h2-11,13H,12,14H2,1H3,(H2,22,23)(H,24,25). The monoisotopic (exact) mass is 347 g/mol. The van der Waals surface area contributed by atoms with Crippen molar-refractivity contribution in [2.45, 2.75) is 13.3 Å². The number of benzene rings is 2. The van der Waals surface area contributed by atoms with Gasteiger partial charge in [0.05, 0.1) is 12.2 Å². The third kappa shape index (κ3) is 4.39. The average Bonchev–Trinajstić information content (AvgIpc) is 2.64. The predicted octanol–water partition coefficient (Wildman–Crippen LogP) is 3.85. The molecule has 0 aliphatic rings. The lowest BCUT2D eigenvalue weighted by molar-refractivity contribution is 0.102. The topological polar surface area (TPSA) is 77.2 Å². The molecular formula is C21H21N3O2. The van der Waals surface area contributed by atoms with Crippen LogP contribution in [0.2, 0.25) is 0 Å². The molecule has 0 aliphatic heterocycles. The van der Waals surface area contributed by atoms with Crippen LogP contribution in [-0.2, 0) is 6.42 Å². The Hall–Kier alpha value is -3.34. The van der Waals surface area contributed by atoms with Crippen LogP contribution < -0.4 is 15.8 Å². The number of nitrogens with one attached hydrogen (secondary N) is 1. The van der Waals surface area contributed by atoms with Gasteiger partial charge >= 0.3 is 0 Å². The van der Waals surface area contributed by atoms with Gasteiger partial charge in [-0.1, -0.05) is 30.3 Å². The molecule has 0 bridgehead atoms. The van der Waals surface area contributed by atoms with Gasteiger partial charge in [0.25, 0.3) is 5.91 Å². The van der Waals surface area contributed by atoms with Gasteiger partial charge in [-0.3, -0.25) is 4.79 Å². The molecule has 3 N–H and O–H groups in total. The van der Waals surface area contributed by atoms with E-state index in [2.05, 4.69) is 22.4 Å². The molecule has 0 unspecified atom stereocenters. The Morgan fingerprint density at radius 3 is 2.50 bits per heavy atom. The van der Waals surface area contributed by atoms with E-state index in [1.165, 1.54) is 5.56 Å². The van der Waals surface area contributed by atoms with Gasteiger partial charge in [-0.15, -0.1) is 0 Å². The minimum atomic E-state index is -0.272. The van der Waals surface area contributed by atoms with Crippen LogP contribution in [-0.4, -0.2) is 17.5 Å². The molecule has 0 fully saturated rings. The Balaban J connectivity index is 1.57. The van der Waals surface area contributed by atoms with Crippen molar-refractivity contribution in [1.29, 1.82) is 0 Å². The van der Waals surface area contributed by atoms with Gasteiger partial charge in [0.15, 0.2) is 0 Å². The first kappa shape index (κ1) is 17.5. The maximum Gasteiger partial charge on any atom is 0.259 e. The van der Waals surface area contributed by atoms with Crippen molar-refractivity contribution in [2.24, 2.45) is 0 Å². The molecule has 0 aliphatic carbocycles. The smallest absolute Gasteiger partial charge is 0.259 e. The number of nitrogen functional groups attached to an aromatic ring is 1. The summed E-state index contributed by atoms with van der Waals surface area (Å²) < 4.78 is 5.75. The molecule has 3 rings (SSSR count). The number of nitrogens with two attached hydrogens (primary N) is 1. The first-order valence-corrected chi connectivity index (χ1v) is 8.43. The highest BCUT2D eigenvalue weighted by molar-refractivity contribution is 6.08. The normalized spacial score (nSPS) is 10.3. The molecule has 1 heterocycles. The summed E-state index contributed by atoms with van der Waals surface area (Å²) in [7, 11) is 0. The summed E-state index contributed by atoms with van der Waals surface area (Å²) in [6.07, 6.45) is 2.43. The average molecular weight is 347 g/mol. The minimum Gasteiger partial charge on any atom is -0.493 e. The predicted molar refractivity (Wildman–Crippen MR) is 103 cm³/mol. The van der Waals surface area contributed by atoms with Crippen molar-refractivity contribution in [2.75, 3.05) is 17.7 Å². The number of carbonyl (C=O) groups excluding carboxylic acids is 1. The number of aryl methyl sites for hydroxylation is 1. The van der Waals surface area contributed by atoms with Gasteiger partial charge in [0, 0.05) is 18.3 Å². The lowest BCUT2D eigenvalue weighted by atomic mass is 10.1. The minimum absolute atomic E-state index is 0.225. The number of nitrogens with zero attached hydrogens (tertiary/aromatic N) is 1. The fraction of sp³-hybridized carbons (Fsp3) is 0.143. The van der Waals surface area contributed by atoms with Crippen molar-refractivity contribution >= 4 is 17.4 Å². The van der Waals surface area contributed by atoms with Crippen LogP contribution in [0.1, 0.15) is 21.5 Å². The van der Waals surface area contributed by atoms with Gasteiger partial charge in [-0.2, -0.15) is 0 Å². The molecule has 1 aromatic heterocycles. The summed E-state index contributed by atoms with van der Waals surface area (Å²) in [4.78, 5) is 16.4. The number of pyridine rings is 1. The maximum absolute atomic E-state index is 12.4. The Labute approximate surface area is 152 Å². The molecule has 0 saturated heterocycles. The van der Waals surface area contributed by atoms with Gasteiger partial charge in [-0.05, 0) is 48.4 Å². The van der Waals surface area contributed by atoms with E-state index < -0.39 is 0 Å². The molecule has 5 nitrogen and oxygen atoms in total. The molecule has 0 saturated carbocycles. The molecule has 0 spiro atoms. The number of hydrogen-bond acceptors (Lipinski definition) is 4. The highest BCUT2D eigenvalue weighted by Gasteiger charge is 2.13. The van der Waals surface area contributed by atoms with Crippen LogP contribution >= 0.6 is 0 Å². The molecule has 132 valence electrons. The van der Waals surface area contributed by atoms with Gasteiger partial charge in [0.2, 0.25) is 0 Å². The second-order valence-corrected chi connectivity index (χ2v) is 5.95. The summed E-state index contributed by atoms with van der Waals surface area (Å²) in [5.74, 6) is 0.713. The van der Waals surface area contributed by atoms with Crippen LogP contribution in [0.15, 0.2) is 66.9 Å². The zero-order valence-electron chi connectivity index (χ0n) is 14.6. The van der Waals surface area contributed by atoms with Crippen molar-refractivity contribution in [3.63, 3.8) is 0 Å². The van der Waals surface area contributed by atoms with E-state index >= 15 is 0 Å². The summed E-state index contributed by atoms with van der Waals surface area (Å²) in [5.41, 5.74) is 8.91. The van der Waals surface area contributed by atoms with E-state index in [1.807, 2.05) is 37.3 Å². The van der Waals surface area contributed by atoms with E-state index in [4.69, 9.17) is 10.5 Å². The van der Waals surface area contributed by atoms with Crippen LogP contribution in [0.4, 0.5) is 11.5 Å². The summed E-state index contributed by atoms with van der Waals surface area (Å²) >= 11 is 0. The fourth-order valence-electron chi connectivity index (χ4n) is 2.63. The van der Waals surface area contributed by atoms with Crippen molar-refractivity contribution < 1.29 is 9.53 Å². The Bertz CT molecular complexity index is 857. The zero-order valence-corrected chi connectivity index (χ0v) is 14.6. The lowest BCUT2D eigenvalue weighted by Gasteiger charge is -2.10. The molecule has 2 aromatic carbocycles. The van der Waals surface area contributed by atoms with E-state index in [-0.39, 0.29) is 11.7 Å². The third-order valence-corrected chi connectivity index (χ3v) is 4.03. The molecule has 1 amide bonds. The van der Waals surface area contributed by atoms with Gasteiger partial charge < -0.3 is 15.8 Å². The first-order valence-electron chi connectivity index (χ1n) is 8.43. The zero-order chi connectivity index (χ0) is 18.4. The SMILES string of the molecule is Cc1ccnc(N)c1C(=O)Nc1ccc(OCCc2ccccc2)cc1. The van der Waals surface area contributed by atoms with E-state index in [0.29, 0.717) is 17.9 Å². The Morgan fingerprint density at radius 2 is 1.81 bits per heavy atom. The Kier molecular flexibility index (Phi) is 5.49. The molecule has 0 atom stereocenters. The highest BCUT2D eigenvalue weighted by Crippen LogP contribution is 2.19. The number of aromatic nitrogens is 1. The summed E-state index contributed by atoms with van der Waals surface area (Å²) in [6, 6.07) is 19.2. The molecule has 5 heteroatoms. The largest absolute Gasteiger partial charge is 0.493 e. The third-order valence-electron chi connectivity index (χ3n) is 4.03. The van der Waals surface area contributed by atoms with Crippen molar-refractivity contribution in [3.8, 4) is 5.75 Å². The molecule has 26 heavy (non-hydrogen) atoms. The number of ether oxygens (including phenoxy) is 1. The Morgan fingerprint density at radius 1 is 1.08 bits per heavy atom. The second-order valence-electron chi connectivity index (χ2n) is 5.95. The molecular weight excluding hydrogens is 326 g/mol. The van der Waals surface area contributed by atoms with Crippen LogP contribution in [0.25, 0.3) is 0 Å². The highest BCUT2D eigenvalue weighted by atomic mass is 16.5. The molecule has 0 radical (unpaired) electrons. The number of anilines is 2. The maximum atomic E-state index is 12.4. The summed E-state index contributed by atoms with van der Waals surface area (Å²) in [6.45, 7) is 2.43. The van der Waals surface area contributed by atoms with Gasteiger partial charge in [0.1, 0.15) is 11.6 Å². The number of carbonyl (C=O) groups is 1. The van der Waals surface area contributed by atoms with E-state index in [9.17, 15) is 4.79 Å². The van der Waals surface area contributed by atoms with E-state index in [0.717, 1.165) is 17.7 Å². The van der Waals surface area contributed by atoms with E-state index in [1.54, 1.807) is 24.4 Å². The van der Waals surface area contributed by atoms with Crippen LogP contribution in [0, 0.1) is 6.92 Å².